The Labute approximate surface area is 114 Å². The van der Waals surface area contributed by atoms with Crippen LogP contribution in [0.5, 0.6) is 5.75 Å². The van der Waals surface area contributed by atoms with E-state index in [1.54, 1.807) is 11.9 Å². The lowest BCUT2D eigenvalue weighted by Gasteiger charge is -2.34. The number of amides is 1. The Balaban J connectivity index is 2.17. The molecule has 0 saturated carbocycles. The van der Waals surface area contributed by atoms with Crippen molar-refractivity contribution in [1.29, 1.82) is 0 Å². The molecule has 0 saturated heterocycles. The van der Waals surface area contributed by atoms with E-state index in [0.29, 0.717) is 6.61 Å². The summed E-state index contributed by atoms with van der Waals surface area (Å²) < 4.78 is 11.0. The number of para-hydroxylation sites is 1. The molecule has 1 unspecified atom stereocenters. The summed E-state index contributed by atoms with van der Waals surface area (Å²) in [5.41, 5.74) is 0.567. The molecule has 0 aromatic heterocycles. The summed E-state index contributed by atoms with van der Waals surface area (Å²) in [6, 6.07) is 7.85. The van der Waals surface area contributed by atoms with E-state index in [1.807, 2.05) is 45.0 Å². The van der Waals surface area contributed by atoms with E-state index < -0.39 is 5.60 Å². The molecule has 0 bridgehead atoms. The molecule has 4 nitrogen and oxygen atoms in total. The van der Waals surface area contributed by atoms with E-state index in [1.165, 1.54) is 0 Å². The van der Waals surface area contributed by atoms with Crippen LogP contribution < -0.4 is 4.74 Å². The zero-order valence-corrected chi connectivity index (χ0v) is 12.0. The molecule has 0 fully saturated rings. The van der Waals surface area contributed by atoms with Gasteiger partial charge in [-0.05, 0) is 26.8 Å². The number of fused-ring (bicyclic) bond motifs is 1. The highest BCUT2D eigenvalue weighted by Gasteiger charge is 2.30. The van der Waals surface area contributed by atoms with Gasteiger partial charge in [0.1, 0.15) is 11.4 Å². The van der Waals surface area contributed by atoms with E-state index in [2.05, 4.69) is 0 Å². The van der Waals surface area contributed by atoms with Gasteiger partial charge in [-0.25, -0.2) is 4.79 Å². The third-order valence-electron chi connectivity index (χ3n) is 3.08. The van der Waals surface area contributed by atoms with Crippen molar-refractivity contribution in [1.82, 2.24) is 4.90 Å². The standard InChI is InChI=1S/C15H21NO3/c1-15(2,3)19-14(17)16(4)12-9-10-18-13-8-6-5-7-11(12)13/h5-8,12H,9-10H2,1-4H3. The lowest BCUT2D eigenvalue weighted by atomic mass is 10.00. The average molecular weight is 263 g/mol. The van der Waals surface area contributed by atoms with Gasteiger partial charge in [-0.3, -0.25) is 0 Å². The maximum absolute atomic E-state index is 12.1. The molecule has 19 heavy (non-hydrogen) atoms. The Bertz CT molecular complexity index is 465. The fraction of sp³-hybridized carbons (Fsp3) is 0.533. The van der Waals surface area contributed by atoms with Crippen LogP contribution in [0.15, 0.2) is 24.3 Å². The first-order chi connectivity index (χ1) is 8.88. The van der Waals surface area contributed by atoms with Crippen LogP contribution in [0.4, 0.5) is 4.79 Å². The summed E-state index contributed by atoms with van der Waals surface area (Å²) in [6.45, 7) is 6.23. The lowest BCUT2D eigenvalue weighted by Crippen LogP contribution is -2.38. The Hall–Kier alpha value is -1.71. The number of carbonyl (C=O) groups excluding carboxylic acids is 1. The third-order valence-corrected chi connectivity index (χ3v) is 3.08. The van der Waals surface area contributed by atoms with Gasteiger partial charge >= 0.3 is 6.09 Å². The molecule has 0 radical (unpaired) electrons. The molecule has 104 valence electrons. The number of nitrogens with zero attached hydrogens (tertiary/aromatic N) is 1. The molecule has 0 N–H and O–H groups in total. The van der Waals surface area contributed by atoms with Crippen molar-refractivity contribution >= 4 is 6.09 Å². The van der Waals surface area contributed by atoms with Crippen molar-refractivity contribution in [2.45, 2.75) is 38.8 Å². The predicted molar refractivity (Wildman–Crippen MR) is 73.3 cm³/mol. The minimum atomic E-state index is -0.476. The Kier molecular flexibility index (Phi) is 3.69. The van der Waals surface area contributed by atoms with Gasteiger partial charge in [0.25, 0.3) is 0 Å². The van der Waals surface area contributed by atoms with Crippen molar-refractivity contribution in [2.75, 3.05) is 13.7 Å². The van der Waals surface area contributed by atoms with Gasteiger partial charge in [0.2, 0.25) is 0 Å². The minimum absolute atomic E-state index is 0.0137. The molecule has 1 heterocycles. The Morgan fingerprint density at radius 3 is 2.74 bits per heavy atom. The summed E-state index contributed by atoms with van der Waals surface area (Å²) in [5, 5.41) is 0. The molecular formula is C15H21NO3. The van der Waals surface area contributed by atoms with Crippen LogP contribution in [-0.2, 0) is 4.74 Å². The van der Waals surface area contributed by atoms with Crippen molar-refractivity contribution in [2.24, 2.45) is 0 Å². The minimum Gasteiger partial charge on any atom is -0.493 e. The second-order valence-corrected chi connectivity index (χ2v) is 5.78. The fourth-order valence-corrected chi connectivity index (χ4v) is 2.19. The van der Waals surface area contributed by atoms with Crippen LogP contribution in [0.25, 0.3) is 0 Å². The number of carbonyl (C=O) groups is 1. The van der Waals surface area contributed by atoms with Crippen LogP contribution in [0.3, 0.4) is 0 Å². The summed E-state index contributed by atoms with van der Waals surface area (Å²) in [6.07, 6.45) is 0.487. The van der Waals surface area contributed by atoms with Gasteiger partial charge in [-0.1, -0.05) is 18.2 Å². The van der Waals surface area contributed by atoms with E-state index >= 15 is 0 Å². The van der Waals surface area contributed by atoms with E-state index in [9.17, 15) is 4.79 Å². The third kappa shape index (κ3) is 3.19. The number of ether oxygens (including phenoxy) is 2. The zero-order chi connectivity index (χ0) is 14.0. The highest BCUT2D eigenvalue weighted by molar-refractivity contribution is 5.68. The van der Waals surface area contributed by atoms with Gasteiger partial charge in [0.05, 0.1) is 12.6 Å². The van der Waals surface area contributed by atoms with E-state index in [4.69, 9.17) is 9.47 Å². The first-order valence-electron chi connectivity index (χ1n) is 6.56. The highest BCUT2D eigenvalue weighted by Crippen LogP contribution is 2.35. The smallest absolute Gasteiger partial charge is 0.410 e. The monoisotopic (exact) mass is 263 g/mol. The molecular weight excluding hydrogens is 242 g/mol. The van der Waals surface area contributed by atoms with Crippen LogP contribution >= 0.6 is 0 Å². The van der Waals surface area contributed by atoms with E-state index in [-0.39, 0.29) is 12.1 Å². The highest BCUT2D eigenvalue weighted by atomic mass is 16.6. The summed E-state index contributed by atoms with van der Waals surface area (Å²) >= 11 is 0. The van der Waals surface area contributed by atoms with Crippen LogP contribution in [0.2, 0.25) is 0 Å². The first-order valence-corrected chi connectivity index (χ1v) is 6.56. The van der Waals surface area contributed by atoms with Crippen molar-refractivity contribution in [3.8, 4) is 5.75 Å². The van der Waals surface area contributed by atoms with Crippen LogP contribution in [-0.4, -0.2) is 30.2 Å². The molecule has 0 aliphatic carbocycles. The lowest BCUT2D eigenvalue weighted by molar-refractivity contribution is 0.0182. The van der Waals surface area contributed by atoms with Gasteiger partial charge in [-0.2, -0.15) is 0 Å². The zero-order valence-electron chi connectivity index (χ0n) is 12.0. The number of benzene rings is 1. The molecule has 4 heteroatoms. The molecule has 1 atom stereocenters. The molecule has 2 rings (SSSR count). The van der Waals surface area contributed by atoms with E-state index in [0.717, 1.165) is 17.7 Å². The van der Waals surface area contributed by atoms with Crippen molar-refractivity contribution < 1.29 is 14.3 Å². The molecule has 1 aliphatic rings. The second kappa shape index (κ2) is 5.11. The fourth-order valence-electron chi connectivity index (χ4n) is 2.19. The number of rotatable bonds is 1. The summed E-state index contributed by atoms with van der Waals surface area (Å²) in [7, 11) is 1.78. The first kappa shape index (κ1) is 13.7. The quantitative estimate of drug-likeness (QED) is 0.779. The molecule has 1 aromatic rings. The maximum Gasteiger partial charge on any atom is 0.410 e. The van der Waals surface area contributed by atoms with Crippen molar-refractivity contribution in [3.63, 3.8) is 0 Å². The molecule has 1 aliphatic heterocycles. The Morgan fingerprint density at radius 2 is 2.05 bits per heavy atom. The summed E-state index contributed by atoms with van der Waals surface area (Å²) in [4.78, 5) is 13.8. The average Bonchev–Trinajstić information content (AvgIpc) is 2.35. The normalized spacial score (nSPS) is 18.2. The maximum atomic E-state index is 12.1. The number of hydrogen-bond acceptors (Lipinski definition) is 3. The van der Waals surface area contributed by atoms with Gasteiger partial charge in [0.15, 0.2) is 0 Å². The molecule has 1 aromatic carbocycles. The number of hydrogen-bond donors (Lipinski definition) is 0. The summed E-state index contributed by atoms with van der Waals surface area (Å²) in [5.74, 6) is 0.856. The van der Waals surface area contributed by atoms with Gasteiger partial charge < -0.3 is 14.4 Å². The predicted octanol–water partition coefficient (Wildman–Crippen LogP) is 3.38. The topological polar surface area (TPSA) is 38.8 Å². The molecule has 0 spiro atoms. The van der Waals surface area contributed by atoms with Crippen molar-refractivity contribution in [3.05, 3.63) is 29.8 Å². The molecule has 1 amide bonds. The Morgan fingerprint density at radius 1 is 1.37 bits per heavy atom. The van der Waals surface area contributed by atoms with Crippen LogP contribution in [0.1, 0.15) is 38.8 Å². The SMILES string of the molecule is CN(C(=O)OC(C)(C)C)C1CCOc2ccccc21. The second-order valence-electron chi connectivity index (χ2n) is 5.78. The van der Waals surface area contributed by atoms with Gasteiger partial charge in [0, 0.05) is 19.0 Å². The largest absolute Gasteiger partial charge is 0.493 e. The van der Waals surface area contributed by atoms with Crippen LogP contribution in [0, 0.1) is 0 Å². The van der Waals surface area contributed by atoms with Gasteiger partial charge in [-0.15, -0.1) is 0 Å².